The predicted octanol–water partition coefficient (Wildman–Crippen LogP) is 4.21. The first-order chi connectivity index (χ1) is 8.56. The first kappa shape index (κ1) is 13.8. The van der Waals surface area contributed by atoms with Gasteiger partial charge in [0.05, 0.1) is 11.4 Å². The topological polar surface area (TPSA) is 50.9 Å². The van der Waals surface area contributed by atoms with E-state index in [4.69, 9.17) is 28.9 Å². The molecule has 1 heterocycles. The summed E-state index contributed by atoms with van der Waals surface area (Å²) < 4.78 is 0. The summed E-state index contributed by atoms with van der Waals surface area (Å²) in [6.07, 6.45) is 5.17. The maximum Gasteiger partial charge on any atom is 0.155 e. The molecule has 0 amide bonds. The van der Waals surface area contributed by atoms with E-state index in [0.717, 1.165) is 12.5 Å². The molecule has 3 nitrogen and oxygen atoms in total. The molecule has 100 valence electrons. The zero-order valence-corrected chi connectivity index (χ0v) is 12.1. The summed E-state index contributed by atoms with van der Waals surface area (Å²) >= 11 is 11.8. The molecule has 18 heavy (non-hydrogen) atoms. The highest BCUT2D eigenvalue weighted by molar-refractivity contribution is 6.35. The van der Waals surface area contributed by atoms with Crippen LogP contribution in [0.4, 0.5) is 11.4 Å². The number of aromatic nitrogens is 1. The molecule has 5 heteroatoms. The van der Waals surface area contributed by atoms with E-state index in [2.05, 4.69) is 17.2 Å². The minimum absolute atomic E-state index is 0.328. The van der Waals surface area contributed by atoms with Gasteiger partial charge < -0.3 is 11.1 Å². The van der Waals surface area contributed by atoms with E-state index in [9.17, 15) is 0 Å². The average molecular weight is 288 g/mol. The first-order valence-corrected chi connectivity index (χ1v) is 7.17. The second-order valence-corrected chi connectivity index (χ2v) is 5.95. The number of nitrogens with two attached hydrogens (primary N) is 1. The maximum absolute atomic E-state index is 6.04. The van der Waals surface area contributed by atoms with Crippen molar-refractivity contribution in [3.05, 3.63) is 16.4 Å². The third kappa shape index (κ3) is 3.42. The van der Waals surface area contributed by atoms with Crippen LogP contribution in [0.5, 0.6) is 0 Å². The molecule has 3 N–H and O–H groups in total. The molecule has 0 aliphatic heterocycles. The van der Waals surface area contributed by atoms with Gasteiger partial charge in [-0.05, 0) is 24.7 Å². The van der Waals surface area contributed by atoms with Crippen molar-refractivity contribution in [3.63, 3.8) is 0 Å². The number of nitrogens with one attached hydrogen (secondary N) is 1. The molecule has 0 aromatic carbocycles. The molecule has 0 spiro atoms. The summed E-state index contributed by atoms with van der Waals surface area (Å²) in [4.78, 5) is 4.00. The highest BCUT2D eigenvalue weighted by Gasteiger charge is 2.18. The van der Waals surface area contributed by atoms with Gasteiger partial charge in [-0.1, -0.05) is 43.0 Å². The maximum atomic E-state index is 6.04. The minimum Gasteiger partial charge on any atom is -0.397 e. The number of hydrogen-bond acceptors (Lipinski definition) is 3. The first-order valence-electron chi connectivity index (χ1n) is 6.41. The van der Waals surface area contributed by atoms with E-state index in [1.807, 2.05) is 0 Å². The standard InChI is InChI=1S/C13H19Cl2N3/c1-8-2-4-9(5-3-8)7-17-12-10(16)6-11(14)18-13(12)15/h6,8-9,17H,2-5,7H2,1H3,(H2,16,18). The predicted molar refractivity (Wildman–Crippen MR) is 78.3 cm³/mol. The van der Waals surface area contributed by atoms with Crippen LogP contribution in [-0.2, 0) is 0 Å². The number of halogens is 2. The Morgan fingerprint density at radius 1 is 1.33 bits per heavy atom. The Labute approximate surface area is 118 Å². The Hall–Kier alpha value is -0.670. The molecule has 1 fully saturated rings. The molecule has 1 aromatic rings. The van der Waals surface area contributed by atoms with Crippen molar-refractivity contribution in [3.8, 4) is 0 Å². The second kappa shape index (κ2) is 5.98. The van der Waals surface area contributed by atoms with Crippen molar-refractivity contribution in [2.24, 2.45) is 11.8 Å². The fourth-order valence-electron chi connectivity index (χ4n) is 2.46. The lowest BCUT2D eigenvalue weighted by Gasteiger charge is -2.26. The normalized spacial score (nSPS) is 23.9. The van der Waals surface area contributed by atoms with Crippen molar-refractivity contribution in [2.75, 3.05) is 17.6 Å². The van der Waals surface area contributed by atoms with E-state index in [1.165, 1.54) is 25.7 Å². The fraction of sp³-hybridized carbons (Fsp3) is 0.615. The lowest BCUT2D eigenvalue weighted by atomic mass is 9.83. The number of nitrogen functional groups attached to an aromatic ring is 1. The lowest BCUT2D eigenvalue weighted by molar-refractivity contribution is 0.300. The lowest BCUT2D eigenvalue weighted by Crippen LogP contribution is -2.20. The monoisotopic (exact) mass is 287 g/mol. The van der Waals surface area contributed by atoms with Gasteiger partial charge in [0.2, 0.25) is 0 Å². The van der Waals surface area contributed by atoms with E-state index >= 15 is 0 Å². The molecular formula is C13H19Cl2N3. The number of pyridine rings is 1. The van der Waals surface area contributed by atoms with Gasteiger partial charge in [-0.25, -0.2) is 4.98 Å². The highest BCUT2D eigenvalue weighted by atomic mass is 35.5. The van der Waals surface area contributed by atoms with E-state index in [0.29, 0.717) is 27.6 Å². The number of anilines is 2. The van der Waals surface area contributed by atoms with Crippen LogP contribution >= 0.6 is 23.2 Å². The molecule has 0 atom stereocenters. The van der Waals surface area contributed by atoms with E-state index in [-0.39, 0.29) is 0 Å². The Morgan fingerprint density at radius 2 is 2.00 bits per heavy atom. The van der Waals surface area contributed by atoms with Crippen LogP contribution < -0.4 is 11.1 Å². The van der Waals surface area contributed by atoms with Crippen LogP contribution in [-0.4, -0.2) is 11.5 Å². The van der Waals surface area contributed by atoms with Crippen LogP contribution in [0.2, 0.25) is 10.3 Å². The van der Waals surface area contributed by atoms with Crippen molar-refractivity contribution in [1.82, 2.24) is 4.98 Å². The summed E-state index contributed by atoms with van der Waals surface area (Å²) in [5.74, 6) is 1.57. The third-order valence-corrected chi connectivity index (χ3v) is 4.14. The molecule has 1 saturated carbocycles. The number of nitrogens with zero attached hydrogens (tertiary/aromatic N) is 1. The SMILES string of the molecule is CC1CCC(CNc2c(N)cc(Cl)nc2Cl)CC1. The van der Waals surface area contributed by atoms with Crippen molar-refractivity contribution < 1.29 is 0 Å². The van der Waals surface area contributed by atoms with Crippen molar-refractivity contribution >= 4 is 34.6 Å². The molecule has 2 rings (SSSR count). The molecule has 0 radical (unpaired) electrons. The molecule has 1 aromatic heterocycles. The molecule has 0 saturated heterocycles. The summed E-state index contributed by atoms with van der Waals surface area (Å²) in [7, 11) is 0. The Bertz CT molecular complexity index is 392. The Balaban J connectivity index is 1.94. The summed E-state index contributed by atoms with van der Waals surface area (Å²) in [5, 5.41) is 3.99. The van der Waals surface area contributed by atoms with Crippen LogP contribution in [0, 0.1) is 11.8 Å². The van der Waals surface area contributed by atoms with Gasteiger partial charge in [-0.3, -0.25) is 0 Å². The van der Waals surface area contributed by atoms with Gasteiger partial charge in [0.25, 0.3) is 0 Å². The Morgan fingerprint density at radius 3 is 2.61 bits per heavy atom. The average Bonchev–Trinajstić information content (AvgIpc) is 2.30. The van der Waals surface area contributed by atoms with Crippen molar-refractivity contribution in [2.45, 2.75) is 32.6 Å². The molecule has 1 aliphatic carbocycles. The van der Waals surface area contributed by atoms with Gasteiger partial charge in [-0.2, -0.15) is 0 Å². The van der Waals surface area contributed by atoms with Gasteiger partial charge in [0, 0.05) is 12.6 Å². The molecular weight excluding hydrogens is 269 g/mol. The van der Waals surface area contributed by atoms with Crippen LogP contribution in [0.15, 0.2) is 6.07 Å². The van der Waals surface area contributed by atoms with E-state index in [1.54, 1.807) is 6.07 Å². The zero-order chi connectivity index (χ0) is 13.1. The van der Waals surface area contributed by atoms with Crippen molar-refractivity contribution in [1.29, 1.82) is 0 Å². The van der Waals surface area contributed by atoms with Crippen LogP contribution in [0.1, 0.15) is 32.6 Å². The quantitative estimate of drug-likeness (QED) is 0.819. The number of hydrogen-bond donors (Lipinski definition) is 2. The fourth-order valence-corrected chi connectivity index (χ4v) is 2.97. The molecule has 0 bridgehead atoms. The summed E-state index contributed by atoms with van der Waals surface area (Å²) in [6.45, 7) is 3.22. The van der Waals surface area contributed by atoms with Crippen LogP contribution in [0.25, 0.3) is 0 Å². The van der Waals surface area contributed by atoms with Gasteiger partial charge >= 0.3 is 0 Å². The smallest absolute Gasteiger partial charge is 0.155 e. The third-order valence-electron chi connectivity index (χ3n) is 3.68. The number of rotatable bonds is 3. The van der Waals surface area contributed by atoms with Gasteiger partial charge in [0.15, 0.2) is 5.15 Å². The summed E-state index contributed by atoms with van der Waals surface area (Å²) in [6, 6.07) is 1.62. The minimum atomic E-state index is 0.328. The second-order valence-electron chi connectivity index (χ2n) is 5.21. The highest BCUT2D eigenvalue weighted by Crippen LogP contribution is 2.32. The van der Waals surface area contributed by atoms with E-state index < -0.39 is 0 Å². The largest absolute Gasteiger partial charge is 0.397 e. The van der Waals surface area contributed by atoms with Gasteiger partial charge in [-0.15, -0.1) is 0 Å². The van der Waals surface area contributed by atoms with Crippen LogP contribution in [0.3, 0.4) is 0 Å². The zero-order valence-electron chi connectivity index (χ0n) is 10.5. The molecule has 1 aliphatic rings. The summed E-state index contributed by atoms with van der Waals surface area (Å²) in [5.41, 5.74) is 7.16. The van der Waals surface area contributed by atoms with Gasteiger partial charge in [0.1, 0.15) is 5.15 Å². The Kier molecular flexibility index (Phi) is 4.57. The molecule has 0 unspecified atom stereocenters.